The van der Waals surface area contributed by atoms with Crippen LogP contribution < -0.4 is 5.63 Å². The normalized spacial score (nSPS) is 15.8. The maximum Gasteiger partial charge on any atom is 0.349 e. The molecule has 0 spiro atoms. The van der Waals surface area contributed by atoms with Crippen LogP contribution >= 0.6 is 0 Å². The van der Waals surface area contributed by atoms with E-state index in [0.717, 1.165) is 18.2 Å². The number of hydrogen-bond donors (Lipinski definition) is 0. The van der Waals surface area contributed by atoms with Crippen LogP contribution in [0, 0.1) is 0 Å². The molecule has 24 heavy (non-hydrogen) atoms. The molecule has 1 saturated heterocycles. The van der Waals surface area contributed by atoms with Gasteiger partial charge in [-0.15, -0.1) is 0 Å². The minimum atomic E-state index is -0.564. The van der Waals surface area contributed by atoms with Crippen LogP contribution in [0.5, 0.6) is 0 Å². The Hall–Kier alpha value is -2.82. The van der Waals surface area contributed by atoms with E-state index in [0.29, 0.717) is 24.7 Å². The summed E-state index contributed by atoms with van der Waals surface area (Å²) in [5, 5.41) is 0.766. The summed E-state index contributed by atoms with van der Waals surface area (Å²) in [6, 6.07) is 13.3. The van der Waals surface area contributed by atoms with Crippen molar-refractivity contribution in [3.05, 3.63) is 70.8 Å². The molecule has 0 atom stereocenters. The molecule has 4 rings (SSSR count). The first kappa shape index (κ1) is 14.8. The Morgan fingerprint density at radius 3 is 2.50 bits per heavy atom. The Morgan fingerprint density at radius 1 is 1.04 bits per heavy atom. The van der Waals surface area contributed by atoms with Gasteiger partial charge in [0, 0.05) is 36.9 Å². The maximum atomic E-state index is 12.7. The van der Waals surface area contributed by atoms with Crippen molar-refractivity contribution in [3.63, 3.8) is 0 Å². The van der Waals surface area contributed by atoms with Gasteiger partial charge in [-0.3, -0.25) is 4.79 Å². The average molecular weight is 322 g/mol. The van der Waals surface area contributed by atoms with Crippen LogP contribution in [0.3, 0.4) is 0 Å². The topological polar surface area (TPSA) is 55.5 Å². The number of carbonyl (C=O) groups is 1. The third kappa shape index (κ3) is 2.62. The summed E-state index contributed by atoms with van der Waals surface area (Å²) in [4.78, 5) is 26.6. The van der Waals surface area contributed by atoms with Crippen molar-refractivity contribution in [1.82, 2.24) is 9.47 Å². The lowest BCUT2D eigenvalue weighted by molar-refractivity contribution is 0.0690. The molecular weight excluding hydrogens is 304 g/mol. The molecule has 122 valence electrons. The molecule has 1 fully saturated rings. The smallest absolute Gasteiger partial charge is 0.349 e. The van der Waals surface area contributed by atoms with Gasteiger partial charge in [-0.25, -0.2) is 4.79 Å². The van der Waals surface area contributed by atoms with E-state index >= 15 is 0 Å². The molecule has 0 unspecified atom stereocenters. The molecule has 1 amide bonds. The van der Waals surface area contributed by atoms with Crippen molar-refractivity contribution in [3.8, 4) is 0 Å². The van der Waals surface area contributed by atoms with Gasteiger partial charge in [-0.1, -0.05) is 18.2 Å². The fourth-order valence-electron chi connectivity index (χ4n) is 3.34. The quantitative estimate of drug-likeness (QED) is 0.681. The highest BCUT2D eigenvalue weighted by Crippen LogP contribution is 2.23. The number of amides is 1. The summed E-state index contributed by atoms with van der Waals surface area (Å²) in [7, 11) is 0. The molecule has 0 aliphatic carbocycles. The van der Waals surface area contributed by atoms with Gasteiger partial charge in [-0.2, -0.15) is 0 Å². The monoisotopic (exact) mass is 322 g/mol. The van der Waals surface area contributed by atoms with Gasteiger partial charge >= 0.3 is 5.63 Å². The molecular formula is C19H18N2O3. The molecule has 0 radical (unpaired) electrons. The SMILES string of the molecule is O=C(c1cc2ccccc2oc1=O)N1CCC(n2cccc2)CC1. The summed E-state index contributed by atoms with van der Waals surface area (Å²) >= 11 is 0. The highest BCUT2D eigenvalue weighted by Gasteiger charge is 2.26. The molecule has 3 aromatic rings. The van der Waals surface area contributed by atoms with Crippen LogP contribution in [0.15, 0.2) is 64.1 Å². The lowest BCUT2D eigenvalue weighted by Crippen LogP contribution is -2.40. The minimum Gasteiger partial charge on any atom is -0.422 e. The van der Waals surface area contributed by atoms with Crippen LogP contribution in [0.25, 0.3) is 11.0 Å². The van der Waals surface area contributed by atoms with Crippen molar-refractivity contribution < 1.29 is 9.21 Å². The molecule has 0 bridgehead atoms. The summed E-state index contributed by atoms with van der Waals surface area (Å²) in [5.41, 5.74) is 0.0599. The van der Waals surface area contributed by atoms with Gasteiger partial charge in [0.25, 0.3) is 5.91 Å². The summed E-state index contributed by atoms with van der Waals surface area (Å²) < 4.78 is 7.46. The number of fused-ring (bicyclic) bond motifs is 1. The largest absolute Gasteiger partial charge is 0.422 e. The Bertz CT molecular complexity index is 919. The highest BCUT2D eigenvalue weighted by atomic mass is 16.4. The zero-order valence-electron chi connectivity index (χ0n) is 13.2. The van der Waals surface area contributed by atoms with Gasteiger partial charge in [0.05, 0.1) is 0 Å². The van der Waals surface area contributed by atoms with Gasteiger partial charge in [0.1, 0.15) is 11.1 Å². The average Bonchev–Trinajstić information content (AvgIpc) is 3.15. The van der Waals surface area contributed by atoms with E-state index in [9.17, 15) is 9.59 Å². The zero-order chi connectivity index (χ0) is 16.5. The predicted molar refractivity (Wildman–Crippen MR) is 91.1 cm³/mol. The van der Waals surface area contributed by atoms with E-state index in [1.807, 2.05) is 24.3 Å². The zero-order valence-corrected chi connectivity index (χ0v) is 13.2. The van der Waals surface area contributed by atoms with E-state index in [4.69, 9.17) is 4.42 Å². The van der Waals surface area contributed by atoms with Crippen molar-refractivity contribution >= 4 is 16.9 Å². The number of carbonyl (C=O) groups excluding carboxylic acids is 1. The van der Waals surface area contributed by atoms with E-state index in [-0.39, 0.29) is 11.5 Å². The van der Waals surface area contributed by atoms with Crippen LogP contribution in [-0.4, -0.2) is 28.5 Å². The first-order chi connectivity index (χ1) is 11.7. The minimum absolute atomic E-state index is 0.119. The van der Waals surface area contributed by atoms with Crippen molar-refractivity contribution in [2.75, 3.05) is 13.1 Å². The fraction of sp³-hybridized carbons (Fsp3) is 0.263. The third-order valence-electron chi connectivity index (χ3n) is 4.67. The first-order valence-corrected chi connectivity index (χ1v) is 8.17. The Kier molecular flexibility index (Phi) is 3.69. The number of para-hydroxylation sites is 1. The van der Waals surface area contributed by atoms with E-state index in [1.54, 1.807) is 23.1 Å². The van der Waals surface area contributed by atoms with Crippen LogP contribution in [0.2, 0.25) is 0 Å². The number of likely N-dealkylation sites (tertiary alicyclic amines) is 1. The summed E-state index contributed by atoms with van der Waals surface area (Å²) in [5.74, 6) is -0.236. The van der Waals surface area contributed by atoms with Gasteiger partial charge < -0.3 is 13.9 Å². The van der Waals surface area contributed by atoms with Gasteiger partial charge in [0.2, 0.25) is 0 Å². The van der Waals surface area contributed by atoms with Crippen LogP contribution in [0.1, 0.15) is 29.2 Å². The number of hydrogen-bond acceptors (Lipinski definition) is 3. The second kappa shape index (κ2) is 6.00. The molecule has 2 aromatic heterocycles. The second-order valence-corrected chi connectivity index (χ2v) is 6.14. The Labute approximate surface area is 139 Å². The van der Waals surface area contributed by atoms with Crippen molar-refractivity contribution in [1.29, 1.82) is 0 Å². The van der Waals surface area contributed by atoms with Crippen LogP contribution in [0.4, 0.5) is 0 Å². The molecule has 5 heteroatoms. The lowest BCUT2D eigenvalue weighted by Gasteiger charge is -2.32. The van der Waals surface area contributed by atoms with E-state index in [1.165, 1.54) is 0 Å². The summed E-state index contributed by atoms with van der Waals surface area (Å²) in [6.45, 7) is 1.29. The number of benzene rings is 1. The predicted octanol–water partition coefficient (Wildman–Crippen LogP) is 3.07. The number of rotatable bonds is 2. The summed E-state index contributed by atoms with van der Waals surface area (Å²) in [6.07, 6.45) is 5.89. The second-order valence-electron chi connectivity index (χ2n) is 6.14. The number of piperidine rings is 1. The molecule has 1 aliphatic heterocycles. The van der Waals surface area contributed by atoms with E-state index < -0.39 is 5.63 Å². The standard InChI is InChI=1S/C19H18N2O3/c22-18(16-13-14-5-1-2-6-17(14)24-19(16)23)21-11-7-15(8-12-21)20-9-3-4-10-20/h1-6,9-10,13,15H,7-8,11-12H2. The molecule has 3 heterocycles. The lowest BCUT2D eigenvalue weighted by atomic mass is 10.0. The van der Waals surface area contributed by atoms with Crippen LogP contribution in [-0.2, 0) is 0 Å². The van der Waals surface area contributed by atoms with Crippen molar-refractivity contribution in [2.24, 2.45) is 0 Å². The van der Waals surface area contributed by atoms with Crippen molar-refractivity contribution in [2.45, 2.75) is 18.9 Å². The van der Waals surface area contributed by atoms with Gasteiger partial charge in [0.15, 0.2) is 0 Å². The molecule has 5 nitrogen and oxygen atoms in total. The molecule has 0 N–H and O–H groups in total. The number of aromatic nitrogens is 1. The molecule has 1 aromatic carbocycles. The third-order valence-corrected chi connectivity index (χ3v) is 4.67. The molecule has 1 aliphatic rings. The Morgan fingerprint density at radius 2 is 1.75 bits per heavy atom. The number of nitrogens with zero attached hydrogens (tertiary/aromatic N) is 2. The molecule has 0 saturated carbocycles. The highest BCUT2D eigenvalue weighted by molar-refractivity contribution is 5.96. The van der Waals surface area contributed by atoms with E-state index in [2.05, 4.69) is 17.0 Å². The fourth-order valence-corrected chi connectivity index (χ4v) is 3.34. The first-order valence-electron chi connectivity index (χ1n) is 8.17. The van der Waals surface area contributed by atoms with Gasteiger partial charge in [-0.05, 0) is 37.1 Å². The Balaban J connectivity index is 1.54. The maximum absolute atomic E-state index is 12.7.